The van der Waals surface area contributed by atoms with Crippen LogP contribution in [0.3, 0.4) is 0 Å². The van der Waals surface area contributed by atoms with Crippen molar-refractivity contribution in [2.45, 2.75) is 25.1 Å². The van der Waals surface area contributed by atoms with E-state index in [9.17, 15) is 27.9 Å². The van der Waals surface area contributed by atoms with Crippen molar-refractivity contribution in [3.63, 3.8) is 0 Å². The third-order valence-electron chi connectivity index (χ3n) is 3.20. The molecular formula is C12H13F3N2O4S. The lowest BCUT2D eigenvalue weighted by atomic mass is 9.93. The molecule has 1 fully saturated rings. The maximum atomic E-state index is 12.5. The first-order valence-electron chi connectivity index (χ1n) is 6.43. The Kier molecular flexibility index (Phi) is 5.01. The molecule has 1 saturated heterocycles. The number of amides is 1. The van der Waals surface area contributed by atoms with Crippen molar-refractivity contribution < 1.29 is 32.6 Å². The highest BCUT2D eigenvalue weighted by atomic mass is 32.1. The Labute approximate surface area is 127 Å². The fraction of sp³-hybridized carbons (Fsp3) is 0.583. The molecule has 0 saturated carbocycles. The van der Waals surface area contributed by atoms with Crippen molar-refractivity contribution in [3.8, 4) is 0 Å². The van der Waals surface area contributed by atoms with E-state index in [-0.39, 0.29) is 17.9 Å². The van der Waals surface area contributed by atoms with Crippen LogP contribution in [0, 0.1) is 5.92 Å². The van der Waals surface area contributed by atoms with E-state index in [0.717, 1.165) is 5.38 Å². The predicted octanol–water partition coefficient (Wildman–Crippen LogP) is 1.77. The number of hydrogen-bond donors (Lipinski definition) is 2. The molecule has 22 heavy (non-hydrogen) atoms. The summed E-state index contributed by atoms with van der Waals surface area (Å²) in [7, 11) is 0. The molecule has 1 aliphatic rings. The molecule has 2 rings (SSSR count). The van der Waals surface area contributed by atoms with Crippen LogP contribution in [0.4, 0.5) is 13.2 Å². The Balaban J connectivity index is 2.07. The average Bonchev–Trinajstić information content (AvgIpc) is 2.95. The van der Waals surface area contributed by atoms with Crippen LogP contribution in [0.5, 0.6) is 0 Å². The lowest BCUT2D eigenvalue weighted by Crippen LogP contribution is -2.48. The molecular weight excluding hydrogens is 325 g/mol. The average molecular weight is 338 g/mol. The molecule has 1 amide bonds. The molecule has 2 N–H and O–H groups in total. The van der Waals surface area contributed by atoms with Gasteiger partial charge in [0.2, 0.25) is 0 Å². The number of carboxylic acids is 1. The van der Waals surface area contributed by atoms with Crippen LogP contribution in [0.1, 0.15) is 28.3 Å². The molecule has 0 aliphatic carbocycles. The number of aromatic nitrogens is 1. The normalized spacial score (nSPS) is 20.4. The zero-order chi connectivity index (χ0) is 16.3. The highest BCUT2D eigenvalue weighted by Crippen LogP contribution is 2.31. The van der Waals surface area contributed by atoms with Crippen LogP contribution >= 0.6 is 11.3 Å². The van der Waals surface area contributed by atoms with Crippen molar-refractivity contribution >= 4 is 23.2 Å². The van der Waals surface area contributed by atoms with E-state index < -0.39 is 40.7 Å². The van der Waals surface area contributed by atoms with E-state index in [2.05, 4.69) is 10.3 Å². The van der Waals surface area contributed by atoms with Gasteiger partial charge in [-0.15, -0.1) is 11.3 Å². The van der Waals surface area contributed by atoms with E-state index in [1.807, 2.05) is 0 Å². The number of hydrogen-bond acceptors (Lipinski definition) is 5. The maximum Gasteiger partial charge on any atom is 0.443 e. The summed E-state index contributed by atoms with van der Waals surface area (Å²) in [5.41, 5.74) is -0.444. The van der Waals surface area contributed by atoms with Crippen LogP contribution in [0.15, 0.2) is 5.38 Å². The first-order chi connectivity index (χ1) is 10.3. The SMILES string of the molecule is O=C(N[C@H](C(=O)O)[C@@H]1CCCOC1)c1csc(C(F)(F)F)n1. The third-order valence-corrected chi connectivity index (χ3v) is 4.09. The minimum absolute atomic E-state index is 0.183. The van der Waals surface area contributed by atoms with Crippen molar-refractivity contribution in [3.05, 3.63) is 16.1 Å². The van der Waals surface area contributed by atoms with Gasteiger partial charge >= 0.3 is 12.1 Å². The summed E-state index contributed by atoms with van der Waals surface area (Å²) in [5.74, 6) is -2.62. The molecule has 1 aromatic rings. The zero-order valence-electron chi connectivity index (χ0n) is 11.2. The second kappa shape index (κ2) is 6.61. The van der Waals surface area contributed by atoms with E-state index in [1.54, 1.807) is 0 Å². The van der Waals surface area contributed by atoms with E-state index in [4.69, 9.17) is 4.74 Å². The molecule has 0 aromatic carbocycles. The summed E-state index contributed by atoms with van der Waals surface area (Å²) >= 11 is 0.287. The first kappa shape index (κ1) is 16.7. The zero-order valence-corrected chi connectivity index (χ0v) is 12.0. The third kappa shape index (κ3) is 3.95. The Bertz CT molecular complexity index is 555. The Morgan fingerprint density at radius 3 is 2.73 bits per heavy atom. The number of alkyl halides is 3. The van der Waals surface area contributed by atoms with Gasteiger partial charge in [0.15, 0.2) is 5.01 Å². The summed E-state index contributed by atoms with van der Waals surface area (Å²) in [6, 6.07) is -1.22. The first-order valence-corrected chi connectivity index (χ1v) is 7.31. The number of nitrogens with one attached hydrogen (secondary N) is 1. The number of carboxylic acid groups (broad SMARTS) is 1. The maximum absolute atomic E-state index is 12.5. The molecule has 2 atom stereocenters. The topological polar surface area (TPSA) is 88.5 Å². The van der Waals surface area contributed by atoms with Crippen LogP contribution in [0.2, 0.25) is 0 Å². The largest absolute Gasteiger partial charge is 0.480 e. The second-order valence-corrected chi connectivity index (χ2v) is 5.66. The lowest BCUT2D eigenvalue weighted by molar-refractivity contribution is -0.142. The molecule has 0 radical (unpaired) electrons. The number of ether oxygens (including phenoxy) is 1. The Morgan fingerprint density at radius 1 is 1.50 bits per heavy atom. The smallest absolute Gasteiger partial charge is 0.443 e. The molecule has 0 spiro atoms. The fourth-order valence-electron chi connectivity index (χ4n) is 2.13. The minimum Gasteiger partial charge on any atom is -0.480 e. The monoisotopic (exact) mass is 338 g/mol. The second-order valence-electron chi connectivity index (χ2n) is 4.80. The molecule has 2 heterocycles. The highest BCUT2D eigenvalue weighted by molar-refractivity contribution is 7.09. The number of rotatable bonds is 4. The van der Waals surface area contributed by atoms with Crippen molar-refractivity contribution in [2.24, 2.45) is 5.92 Å². The number of halogens is 3. The van der Waals surface area contributed by atoms with Crippen molar-refractivity contribution in [2.75, 3.05) is 13.2 Å². The van der Waals surface area contributed by atoms with E-state index in [0.29, 0.717) is 19.4 Å². The fourth-order valence-corrected chi connectivity index (χ4v) is 2.80. The molecule has 6 nitrogen and oxygen atoms in total. The van der Waals surface area contributed by atoms with E-state index in [1.165, 1.54) is 0 Å². The number of carbonyl (C=O) groups excluding carboxylic acids is 1. The van der Waals surface area contributed by atoms with Gasteiger partial charge < -0.3 is 15.2 Å². The van der Waals surface area contributed by atoms with Crippen LogP contribution < -0.4 is 5.32 Å². The quantitative estimate of drug-likeness (QED) is 0.873. The van der Waals surface area contributed by atoms with Crippen molar-refractivity contribution in [1.82, 2.24) is 10.3 Å². The summed E-state index contributed by atoms with van der Waals surface area (Å²) in [5, 5.41) is 11.2. The van der Waals surface area contributed by atoms with Gasteiger partial charge in [-0.25, -0.2) is 9.78 Å². The molecule has 10 heteroatoms. The number of nitrogens with zero attached hydrogens (tertiary/aromatic N) is 1. The van der Waals surface area contributed by atoms with Crippen LogP contribution in [-0.2, 0) is 15.7 Å². The van der Waals surface area contributed by atoms with Crippen molar-refractivity contribution in [1.29, 1.82) is 0 Å². The standard InChI is InChI=1S/C12H13F3N2O4S/c13-12(14,15)11-16-7(5-22-11)9(18)17-8(10(19)20)6-2-1-3-21-4-6/h5-6,8H,1-4H2,(H,17,18)(H,19,20)/t6-,8+/m1/s1. The highest BCUT2D eigenvalue weighted by Gasteiger charge is 2.36. The predicted molar refractivity (Wildman–Crippen MR) is 69.5 cm³/mol. The van der Waals surface area contributed by atoms with Gasteiger partial charge in [-0.2, -0.15) is 13.2 Å². The minimum atomic E-state index is -4.63. The summed E-state index contributed by atoms with van der Waals surface area (Å²) in [6.45, 7) is 0.708. The van der Waals surface area contributed by atoms with Gasteiger partial charge in [-0.3, -0.25) is 4.79 Å². The molecule has 122 valence electrons. The summed E-state index contributed by atoms with van der Waals surface area (Å²) < 4.78 is 42.5. The Hall–Kier alpha value is -1.68. The van der Waals surface area contributed by atoms with Gasteiger partial charge in [-0.1, -0.05) is 0 Å². The van der Waals surface area contributed by atoms with Gasteiger partial charge in [0.25, 0.3) is 5.91 Å². The molecule has 1 aromatic heterocycles. The van der Waals surface area contributed by atoms with Crippen LogP contribution in [0.25, 0.3) is 0 Å². The molecule has 0 bridgehead atoms. The van der Waals surface area contributed by atoms with Crippen LogP contribution in [-0.4, -0.2) is 41.2 Å². The van der Waals surface area contributed by atoms with Gasteiger partial charge in [0.05, 0.1) is 6.61 Å². The number of thiazole rings is 1. The van der Waals surface area contributed by atoms with Gasteiger partial charge in [0.1, 0.15) is 11.7 Å². The summed E-state index contributed by atoms with van der Waals surface area (Å²) in [6.07, 6.45) is -3.41. The molecule has 0 unspecified atom stereocenters. The number of aliphatic carboxylic acids is 1. The van der Waals surface area contributed by atoms with Gasteiger partial charge in [-0.05, 0) is 12.8 Å². The summed E-state index contributed by atoms with van der Waals surface area (Å²) in [4.78, 5) is 26.4. The van der Waals surface area contributed by atoms with Gasteiger partial charge in [0, 0.05) is 17.9 Å². The molecule has 1 aliphatic heterocycles. The lowest BCUT2D eigenvalue weighted by Gasteiger charge is -2.27. The van der Waals surface area contributed by atoms with E-state index >= 15 is 0 Å². The number of carbonyl (C=O) groups is 2. The Morgan fingerprint density at radius 2 is 2.23 bits per heavy atom.